The van der Waals surface area contributed by atoms with Crippen molar-refractivity contribution in [2.75, 3.05) is 18.0 Å². The molecular formula is C36H31N4O3P. The van der Waals surface area contributed by atoms with Crippen LogP contribution in [0.5, 0.6) is 0 Å². The van der Waals surface area contributed by atoms with Gasteiger partial charge in [0.05, 0.1) is 5.56 Å². The molecular weight excluding hydrogens is 567 g/mol. The molecule has 1 aliphatic rings. The molecule has 1 aliphatic carbocycles. The molecule has 4 aromatic carbocycles. The quantitative estimate of drug-likeness (QED) is 0.179. The van der Waals surface area contributed by atoms with Crippen LogP contribution in [-0.4, -0.2) is 40.1 Å². The van der Waals surface area contributed by atoms with Crippen molar-refractivity contribution < 1.29 is 14.4 Å². The summed E-state index contributed by atoms with van der Waals surface area (Å²) in [6, 6.07) is 39.0. The van der Waals surface area contributed by atoms with Crippen molar-refractivity contribution in [2.24, 2.45) is 0 Å². The normalized spacial score (nSPS) is 13.0. The average molecular weight is 599 g/mol. The van der Waals surface area contributed by atoms with E-state index in [0.717, 1.165) is 12.6 Å². The van der Waals surface area contributed by atoms with Crippen molar-refractivity contribution in [3.8, 4) is 0 Å². The summed E-state index contributed by atoms with van der Waals surface area (Å²) in [5, 5.41) is 10.1. The summed E-state index contributed by atoms with van der Waals surface area (Å²) in [4.78, 5) is 46.1. The van der Waals surface area contributed by atoms with Crippen LogP contribution in [0.3, 0.4) is 0 Å². The zero-order valence-electron chi connectivity index (χ0n) is 23.9. The number of nitrogens with one attached hydrogen (secondary N) is 2. The maximum absolute atomic E-state index is 13.1. The van der Waals surface area contributed by atoms with Crippen LogP contribution < -0.4 is 26.5 Å². The van der Waals surface area contributed by atoms with Gasteiger partial charge in [-0.2, -0.15) is 0 Å². The molecule has 0 radical (unpaired) electrons. The summed E-state index contributed by atoms with van der Waals surface area (Å²) < 4.78 is 0. The number of Topliss-reactive ketones (excluding diaryl/α,β-unsaturated/α-hetero) is 1. The third-order valence-electron chi connectivity index (χ3n) is 7.95. The predicted octanol–water partition coefficient (Wildman–Crippen LogP) is 4.70. The zero-order chi connectivity index (χ0) is 30.4. The zero-order valence-corrected chi connectivity index (χ0v) is 24.9. The SMILES string of the molecule is O=C(NCCC[PH](c1ccccc1)(c1ccccc1)c1ccccc1)c1ccc(NC2=CC(=O)c3ncncc3C2=O)cc1. The fraction of sp³-hybridized carbons (Fsp3) is 0.0833. The number of hydrogen-bond donors (Lipinski definition) is 2. The van der Waals surface area contributed by atoms with E-state index in [1.54, 1.807) is 24.3 Å². The number of nitrogens with zero attached hydrogens (tertiary/aromatic N) is 2. The second-order valence-corrected chi connectivity index (χ2v) is 14.6. The van der Waals surface area contributed by atoms with Crippen molar-refractivity contribution in [2.45, 2.75) is 6.42 Å². The minimum absolute atomic E-state index is 0.0961. The first-order valence-electron chi connectivity index (χ1n) is 14.5. The van der Waals surface area contributed by atoms with Crippen LogP contribution in [0.25, 0.3) is 0 Å². The Hall–Kier alpha value is -5.26. The number of rotatable bonds is 10. The first-order valence-corrected chi connectivity index (χ1v) is 16.7. The monoisotopic (exact) mass is 598 g/mol. The van der Waals surface area contributed by atoms with Gasteiger partial charge in [0.2, 0.25) is 5.78 Å². The molecule has 0 bridgehead atoms. The van der Waals surface area contributed by atoms with E-state index in [-0.39, 0.29) is 34.4 Å². The Balaban J connectivity index is 1.13. The van der Waals surface area contributed by atoms with Crippen molar-refractivity contribution >= 4 is 46.3 Å². The number of carbonyl (C=O) groups excluding carboxylic acids is 3. The van der Waals surface area contributed by atoms with Crippen LogP contribution in [0, 0.1) is 0 Å². The molecule has 7 nitrogen and oxygen atoms in total. The van der Waals surface area contributed by atoms with Gasteiger partial charge in [-0.3, -0.25) is 9.59 Å². The molecule has 2 N–H and O–H groups in total. The molecule has 0 saturated heterocycles. The molecule has 0 aliphatic heterocycles. The van der Waals surface area contributed by atoms with Crippen molar-refractivity contribution in [1.82, 2.24) is 15.3 Å². The Morgan fingerprint density at radius 2 is 1.30 bits per heavy atom. The van der Waals surface area contributed by atoms with Gasteiger partial charge >= 0.3 is 208 Å². The summed E-state index contributed by atoms with van der Waals surface area (Å²) in [6.45, 7) is 0.533. The van der Waals surface area contributed by atoms with E-state index in [1.165, 1.54) is 34.5 Å². The third-order valence-corrected chi connectivity index (χ3v) is 13.0. The summed E-state index contributed by atoms with van der Waals surface area (Å²) in [5.41, 5.74) is 1.49. The van der Waals surface area contributed by atoms with Crippen LogP contribution >= 0.6 is 7.26 Å². The van der Waals surface area contributed by atoms with Crippen molar-refractivity contribution in [3.05, 3.63) is 156 Å². The van der Waals surface area contributed by atoms with E-state index in [0.29, 0.717) is 17.8 Å². The Bertz CT molecular complexity index is 1730. The van der Waals surface area contributed by atoms with Crippen LogP contribution in [-0.2, 0) is 0 Å². The predicted molar refractivity (Wildman–Crippen MR) is 177 cm³/mol. The molecule has 1 heterocycles. The number of anilines is 1. The van der Waals surface area contributed by atoms with E-state index in [1.807, 2.05) is 0 Å². The number of allylic oxidation sites excluding steroid dienone is 2. The number of aromatic nitrogens is 2. The molecule has 0 fully saturated rings. The summed E-state index contributed by atoms with van der Waals surface area (Å²) in [5.74, 6) is -0.889. The number of hydrogen-bond acceptors (Lipinski definition) is 6. The topological polar surface area (TPSA) is 101 Å². The number of fused-ring (bicyclic) bond motifs is 1. The van der Waals surface area contributed by atoms with Gasteiger partial charge in [0.25, 0.3) is 0 Å². The Kier molecular flexibility index (Phi) is 8.48. The molecule has 0 atom stereocenters. The van der Waals surface area contributed by atoms with E-state index >= 15 is 0 Å². The minimum atomic E-state index is -2.36. The molecule has 1 amide bonds. The Labute approximate surface area is 256 Å². The van der Waals surface area contributed by atoms with E-state index in [2.05, 4.69) is 112 Å². The molecule has 0 spiro atoms. The molecule has 8 heteroatoms. The summed E-state index contributed by atoms with van der Waals surface area (Å²) >= 11 is 0. The van der Waals surface area contributed by atoms with Gasteiger partial charge in [-0.15, -0.1) is 0 Å². The molecule has 218 valence electrons. The Morgan fingerprint density at radius 3 is 1.86 bits per heavy atom. The van der Waals surface area contributed by atoms with Gasteiger partial charge in [0, 0.05) is 6.20 Å². The van der Waals surface area contributed by atoms with E-state index < -0.39 is 7.26 Å². The first kappa shape index (κ1) is 28.8. The van der Waals surface area contributed by atoms with Crippen LogP contribution in [0.2, 0.25) is 0 Å². The third kappa shape index (κ3) is 5.83. The van der Waals surface area contributed by atoms with Gasteiger partial charge in [0.15, 0.2) is 0 Å². The van der Waals surface area contributed by atoms with Crippen LogP contribution in [0.15, 0.2) is 140 Å². The van der Waals surface area contributed by atoms with Gasteiger partial charge in [-0.1, -0.05) is 0 Å². The second-order valence-electron chi connectivity index (χ2n) is 10.6. The number of carbonyl (C=O) groups is 3. The van der Waals surface area contributed by atoms with Gasteiger partial charge in [-0.05, 0) is 0 Å². The average Bonchev–Trinajstić information content (AvgIpc) is 3.09. The van der Waals surface area contributed by atoms with E-state index in [4.69, 9.17) is 0 Å². The van der Waals surface area contributed by atoms with Crippen LogP contribution in [0.4, 0.5) is 5.69 Å². The van der Waals surface area contributed by atoms with Gasteiger partial charge in [0.1, 0.15) is 12.0 Å². The van der Waals surface area contributed by atoms with Gasteiger partial charge in [-0.25, -0.2) is 9.97 Å². The Morgan fingerprint density at radius 1 is 0.727 bits per heavy atom. The first-order chi connectivity index (χ1) is 21.6. The van der Waals surface area contributed by atoms with Crippen LogP contribution in [0.1, 0.15) is 37.6 Å². The fourth-order valence-corrected chi connectivity index (χ4v) is 10.7. The summed E-state index contributed by atoms with van der Waals surface area (Å²) in [7, 11) is -2.36. The molecule has 5 aromatic rings. The standard InChI is InChI=1S/C36H31N4O3P/c41-33-23-32(35(42)31-24-37-25-39-34(31)33)40-27-19-17-26(18-20-27)36(43)38-21-10-22-44(28-11-4-1-5-12-28,29-13-6-2-7-14-29)30-15-8-3-9-16-30/h1-9,11-20,23-25,40,44H,10,21-22H2,(H,38,43). The van der Waals surface area contributed by atoms with Crippen molar-refractivity contribution in [3.63, 3.8) is 0 Å². The maximum atomic E-state index is 13.1. The molecule has 0 saturated carbocycles. The number of benzene rings is 4. The van der Waals surface area contributed by atoms with Gasteiger partial charge < -0.3 is 0 Å². The molecule has 1 aromatic heterocycles. The fourth-order valence-electron chi connectivity index (χ4n) is 5.81. The molecule has 0 unspecified atom stereocenters. The number of amides is 1. The van der Waals surface area contributed by atoms with Crippen molar-refractivity contribution in [1.29, 1.82) is 0 Å². The molecule has 44 heavy (non-hydrogen) atoms. The number of ketones is 2. The second kappa shape index (κ2) is 12.9. The summed E-state index contributed by atoms with van der Waals surface area (Å²) in [6.07, 6.45) is 5.57. The molecule has 6 rings (SSSR count). The van der Waals surface area contributed by atoms with E-state index in [9.17, 15) is 14.4 Å².